The second kappa shape index (κ2) is 7.81. The summed E-state index contributed by atoms with van der Waals surface area (Å²) in [6.45, 7) is 0. The number of anilines is 1. The van der Waals surface area contributed by atoms with Crippen LogP contribution in [0.1, 0.15) is 0 Å². The summed E-state index contributed by atoms with van der Waals surface area (Å²) >= 11 is 0. The summed E-state index contributed by atoms with van der Waals surface area (Å²) in [5.74, 6) is 0.647. The molecule has 0 bridgehead atoms. The van der Waals surface area contributed by atoms with Crippen molar-refractivity contribution in [2.75, 3.05) is 4.72 Å². The zero-order valence-corrected chi connectivity index (χ0v) is 15.0. The van der Waals surface area contributed by atoms with E-state index in [0.717, 1.165) is 24.3 Å². The maximum Gasteiger partial charge on any atom is 0.573 e. The Kier molecular flexibility index (Phi) is 5.46. The van der Waals surface area contributed by atoms with Gasteiger partial charge in [-0.1, -0.05) is 18.2 Å². The molecule has 0 saturated heterocycles. The summed E-state index contributed by atoms with van der Waals surface area (Å²) in [6.07, 6.45) is -4.85. The highest BCUT2D eigenvalue weighted by molar-refractivity contribution is 7.92. The van der Waals surface area contributed by atoms with Crippen molar-refractivity contribution in [3.63, 3.8) is 0 Å². The molecule has 0 aliphatic carbocycles. The van der Waals surface area contributed by atoms with Crippen molar-refractivity contribution in [3.8, 4) is 17.2 Å². The molecule has 0 heterocycles. The molecule has 0 atom stereocenters. The molecule has 0 saturated carbocycles. The fourth-order valence-electron chi connectivity index (χ4n) is 2.25. The van der Waals surface area contributed by atoms with Gasteiger partial charge < -0.3 is 9.47 Å². The number of rotatable bonds is 6. The van der Waals surface area contributed by atoms with Crippen LogP contribution in [0.4, 0.5) is 18.9 Å². The topological polar surface area (TPSA) is 64.6 Å². The Morgan fingerprint density at radius 1 is 0.714 bits per heavy atom. The summed E-state index contributed by atoms with van der Waals surface area (Å²) in [5.41, 5.74) is 0.274. The van der Waals surface area contributed by atoms with Gasteiger partial charge >= 0.3 is 6.36 Å². The maximum atomic E-state index is 12.4. The average Bonchev–Trinajstić information content (AvgIpc) is 2.63. The van der Waals surface area contributed by atoms with Gasteiger partial charge in [0.25, 0.3) is 10.0 Å². The lowest BCUT2D eigenvalue weighted by Crippen LogP contribution is -2.17. The van der Waals surface area contributed by atoms with Crippen LogP contribution in [0, 0.1) is 0 Å². The molecule has 3 rings (SSSR count). The lowest BCUT2D eigenvalue weighted by molar-refractivity contribution is -0.274. The molecule has 9 heteroatoms. The van der Waals surface area contributed by atoms with Gasteiger partial charge in [-0.25, -0.2) is 8.42 Å². The summed E-state index contributed by atoms with van der Waals surface area (Å²) in [5, 5.41) is 0. The Balaban J connectivity index is 1.68. The molecule has 0 aliphatic rings. The van der Waals surface area contributed by atoms with E-state index in [2.05, 4.69) is 9.46 Å². The SMILES string of the molecule is O=S(=O)(Nc1ccc(Oc2ccccc2)cc1)c1ccc(OC(F)(F)F)cc1. The number of halogens is 3. The van der Waals surface area contributed by atoms with Crippen molar-refractivity contribution in [2.24, 2.45) is 0 Å². The minimum absolute atomic E-state index is 0.202. The van der Waals surface area contributed by atoms with E-state index in [0.29, 0.717) is 11.5 Å². The van der Waals surface area contributed by atoms with Gasteiger partial charge in [-0.2, -0.15) is 0 Å². The number of benzene rings is 3. The van der Waals surface area contributed by atoms with E-state index >= 15 is 0 Å². The maximum absolute atomic E-state index is 12.4. The molecule has 0 aromatic heterocycles. The van der Waals surface area contributed by atoms with Crippen molar-refractivity contribution in [2.45, 2.75) is 11.3 Å². The van der Waals surface area contributed by atoms with Crippen LogP contribution in [0.25, 0.3) is 0 Å². The van der Waals surface area contributed by atoms with E-state index in [-0.39, 0.29) is 10.6 Å². The minimum Gasteiger partial charge on any atom is -0.457 e. The Morgan fingerprint density at radius 2 is 1.25 bits per heavy atom. The van der Waals surface area contributed by atoms with Crippen molar-refractivity contribution < 1.29 is 31.1 Å². The monoisotopic (exact) mass is 409 g/mol. The van der Waals surface area contributed by atoms with Gasteiger partial charge in [-0.15, -0.1) is 13.2 Å². The smallest absolute Gasteiger partial charge is 0.457 e. The third-order valence-corrected chi connectivity index (χ3v) is 4.85. The van der Waals surface area contributed by atoms with Crippen molar-refractivity contribution in [1.29, 1.82) is 0 Å². The van der Waals surface area contributed by atoms with Crippen molar-refractivity contribution >= 4 is 15.7 Å². The molecule has 0 spiro atoms. The minimum atomic E-state index is -4.85. The quantitative estimate of drug-likeness (QED) is 0.609. The fourth-order valence-corrected chi connectivity index (χ4v) is 3.31. The molecule has 0 fully saturated rings. The molecular formula is C19H14F3NO4S. The predicted octanol–water partition coefficient (Wildman–Crippen LogP) is 5.18. The summed E-state index contributed by atoms with van der Waals surface area (Å²) in [6, 6.07) is 19.2. The molecule has 1 N–H and O–H groups in total. The van der Waals surface area contributed by atoms with E-state index < -0.39 is 22.1 Å². The lowest BCUT2D eigenvalue weighted by Gasteiger charge is -2.11. The Morgan fingerprint density at radius 3 is 1.82 bits per heavy atom. The molecule has 3 aromatic rings. The van der Waals surface area contributed by atoms with E-state index in [4.69, 9.17) is 4.74 Å². The zero-order chi connectivity index (χ0) is 20.2. The first-order valence-electron chi connectivity index (χ1n) is 7.93. The Labute approximate surface area is 159 Å². The van der Waals surface area contributed by atoms with Crippen LogP contribution in [0.5, 0.6) is 17.2 Å². The Hall–Kier alpha value is -3.20. The van der Waals surface area contributed by atoms with E-state index in [1.54, 1.807) is 24.3 Å². The van der Waals surface area contributed by atoms with Crippen LogP contribution >= 0.6 is 0 Å². The van der Waals surface area contributed by atoms with Gasteiger partial charge in [0.1, 0.15) is 17.2 Å². The van der Waals surface area contributed by atoms with E-state index in [1.165, 1.54) is 12.1 Å². The molecule has 3 aromatic carbocycles. The summed E-state index contributed by atoms with van der Waals surface area (Å²) in [7, 11) is -3.97. The number of para-hydroxylation sites is 1. The van der Waals surface area contributed by atoms with Crippen LogP contribution in [0.15, 0.2) is 83.8 Å². The number of alkyl halides is 3. The molecule has 0 aliphatic heterocycles. The molecule has 0 radical (unpaired) electrons. The van der Waals surface area contributed by atoms with Gasteiger partial charge in [-0.05, 0) is 60.7 Å². The van der Waals surface area contributed by atoms with E-state index in [1.807, 2.05) is 18.2 Å². The normalized spacial score (nSPS) is 11.7. The highest BCUT2D eigenvalue weighted by Gasteiger charge is 2.31. The molecule has 146 valence electrons. The summed E-state index contributed by atoms with van der Waals surface area (Å²) in [4.78, 5) is -0.202. The molecule has 5 nitrogen and oxygen atoms in total. The number of hydrogen-bond donors (Lipinski definition) is 1. The van der Waals surface area contributed by atoms with Gasteiger partial charge in [0.15, 0.2) is 0 Å². The molecule has 0 unspecified atom stereocenters. The fraction of sp³-hybridized carbons (Fsp3) is 0.0526. The highest BCUT2D eigenvalue weighted by atomic mass is 32.2. The predicted molar refractivity (Wildman–Crippen MR) is 96.9 cm³/mol. The number of ether oxygens (including phenoxy) is 2. The first-order chi connectivity index (χ1) is 13.2. The number of hydrogen-bond acceptors (Lipinski definition) is 4. The largest absolute Gasteiger partial charge is 0.573 e. The number of nitrogens with one attached hydrogen (secondary N) is 1. The van der Waals surface area contributed by atoms with Crippen LogP contribution in [0.2, 0.25) is 0 Å². The van der Waals surface area contributed by atoms with Crippen molar-refractivity contribution in [1.82, 2.24) is 0 Å². The summed E-state index contributed by atoms with van der Waals surface area (Å²) < 4.78 is 72.9. The average molecular weight is 409 g/mol. The number of sulfonamides is 1. The Bertz CT molecular complexity index is 1020. The third kappa shape index (κ3) is 5.40. The van der Waals surface area contributed by atoms with Gasteiger partial charge in [0.2, 0.25) is 0 Å². The second-order valence-electron chi connectivity index (χ2n) is 5.56. The van der Waals surface area contributed by atoms with Gasteiger partial charge in [-0.3, -0.25) is 4.72 Å². The van der Waals surface area contributed by atoms with Crippen LogP contribution < -0.4 is 14.2 Å². The second-order valence-corrected chi connectivity index (χ2v) is 7.25. The highest BCUT2D eigenvalue weighted by Crippen LogP contribution is 2.26. The van der Waals surface area contributed by atoms with Crippen LogP contribution in [-0.2, 0) is 10.0 Å². The van der Waals surface area contributed by atoms with Crippen molar-refractivity contribution in [3.05, 3.63) is 78.9 Å². The van der Waals surface area contributed by atoms with Gasteiger partial charge in [0.05, 0.1) is 4.90 Å². The third-order valence-electron chi connectivity index (χ3n) is 3.45. The van der Waals surface area contributed by atoms with Gasteiger partial charge in [0, 0.05) is 5.69 Å². The molecule has 28 heavy (non-hydrogen) atoms. The zero-order valence-electron chi connectivity index (χ0n) is 14.2. The van der Waals surface area contributed by atoms with E-state index in [9.17, 15) is 21.6 Å². The standard InChI is InChI=1S/C19H14F3NO4S/c20-19(21,22)27-17-10-12-18(13-11-17)28(24,25)23-14-6-8-16(9-7-14)26-15-4-2-1-3-5-15/h1-13,23H. The van der Waals surface area contributed by atoms with Crippen LogP contribution in [-0.4, -0.2) is 14.8 Å². The molecule has 0 amide bonds. The van der Waals surface area contributed by atoms with Crippen LogP contribution in [0.3, 0.4) is 0 Å². The first-order valence-corrected chi connectivity index (χ1v) is 9.41. The molecular weight excluding hydrogens is 395 g/mol. The lowest BCUT2D eigenvalue weighted by atomic mass is 10.3. The first kappa shape index (κ1) is 19.6.